The van der Waals surface area contributed by atoms with E-state index in [1.54, 1.807) is 13.0 Å². The van der Waals surface area contributed by atoms with Crippen molar-refractivity contribution in [3.63, 3.8) is 0 Å². The molecule has 0 aliphatic rings. The van der Waals surface area contributed by atoms with Crippen molar-refractivity contribution in [2.75, 3.05) is 0 Å². The Kier molecular flexibility index (Phi) is 3.90. The van der Waals surface area contributed by atoms with Gasteiger partial charge in [-0.25, -0.2) is 9.78 Å². The minimum absolute atomic E-state index is 0.288. The lowest BCUT2D eigenvalue weighted by Crippen LogP contribution is -2.05. The lowest BCUT2D eigenvalue weighted by atomic mass is 10.1. The second-order valence-electron chi connectivity index (χ2n) is 4.48. The third-order valence-corrected chi connectivity index (χ3v) is 3.76. The number of aromatic carboxylic acids is 1. The van der Waals surface area contributed by atoms with E-state index in [2.05, 4.69) is 4.98 Å². The van der Waals surface area contributed by atoms with E-state index < -0.39 is 5.97 Å². The molecule has 0 aliphatic carbocycles. The van der Waals surface area contributed by atoms with Gasteiger partial charge >= 0.3 is 5.97 Å². The second kappa shape index (κ2) is 5.45. The fraction of sp³-hybridized carbons (Fsp3) is 0.200. The van der Waals surface area contributed by atoms with Gasteiger partial charge in [0.05, 0.1) is 5.56 Å². The Morgan fingerprint density at radius 3 is 2.37 bits per heavy atom. The average Bonchev–Trinajstić information content (AvgIpc) is 2.30. The quantitative estimate of drug-likeness (QED) is 0.922. The van der Waals surface area contributed by atoms with E-state index in [1.807, 2.05) is 38.1 Å². The highest BCUT2D eigenvalue weighted by Crippen LogP contribution is 2.31. The van der Waals surface area contributed by atoms with Gasteiger partial charge in [0.2, 0.25) is 0 Å². The predicted octanol–water partition coefficient (Wildman–Crippen LogP) is 3.86. The Balaban J connectivity index is 2.44. The summed E-state index contributed by atoms with van der Waals surface area (Å²) < 4.78 is 0. The monoisotopic (exact) mass is 273 g/mol. The molecule has 98 valence electrons. The third-order valence-electron chi connectivity index (χ3n) is 2.76. The highest BCUT2D eigenvalue weighted by Gasteiger charge is 2.16. The summed E-state index contributed by atoms with van der Waals surface area (Å²) in [7, 11) is 0. The largest absolute Gasteiger partial charge is 0.478 e. The van der Waals surface area contributed by atoms with Crippen LogP contribution in [0.1, 0.15) is 27.2 Å². The van der Waals surface area contributed by atoms with Crippen molar-refractivity contribution >= 4 is 17.7 Å². The molecule has 19 heavy (non-hydrogen) atoms. The Bertz CT molecular complexity index is 621. The van der Waals surface area contributed by atoms with Crippen LogP contribution in [-0.2, 0) is 0 Å². The number of carboxylic acid groups (broad SMARTS) is 1. The van der Waals surface area contributed by atoms with Crippen molar-refractivity contribution in [3.05, 3.63) is 52.7 Å². The molecule has 0 fully saturated rings. The van der Waals surface area contributed by atoms with Crippen molar-refractivity contribution in [2.24, 2.45) is 0 Å². The second-order valence-corrected chi connectivity index (χ2v) is 5.54. The summed E-state index contributed by atoms with van der Waals surface area (Å²) in [5.41, 5.74) is 3.04. The molecule has 1 N–H and O–H groups in total. The number of carboxylic acids is 1. The Hall–Kier alpha value is -1.81. The smallest absolute Gasteiger partial charge is 0.338 e. The molecule has 0 bridgehead atoms. The molecule has 1 aromatic heterocycles. The van der Waals surface area contributed by atoms with Gasteiger partial charge in [-0.3, -0.25) is 0 Å². The van der Waals surface area contributed by atoms with Gasteiger partial charge in [-0.1, -0.05) is 29.5 Å². The van der Waals surface area contributed by atoms with Gasteiger partial charge in [0.25, 0.3) is 0 Å². The van der Waals surface area contributed by atoms with E-state index in [0.717, 1.165) is 16.2 Å². The van der Waals surface area contributed by atoms with Gasteiger partial charge in [0.1, 0.15) is 5.03 Å². The Morgan fingerprint density at radius 2 is 1.79 bits per heavy atom. The lowest BCUT2D eigenvalue weighted by molar-refractivity contribution is 0.0691. The van der Waals surface area contributed by atoms with E-state index in [0.29, 0.717) is 5.03 Å². The molecule has 0 aliphatic heterocycles. The van der Waals surface area contributed by atoms with Crippen molar-refractivity contribution in [1.82, 2.24) is 4.98 Å². The highest BCUT2D eigenvalue weighted by atomic mass is 32.2. The minimum atomic E-state index is -0.931. The van der Waals surface area contributed by atoms with Gasteiger partial charge in [-0.15, -0.1) is 0 Å². The summed E-state index contributed by atoms with van der Waals surface area (Å²) in [6.45, 7) is 5.70. The van der Waals surface area contributed by atoms with E-state index in [9.17, 15) is 9.90 Å². The summed E-state index contributed by atoms with van der Waals surface area (Å²) in [5.74, 6) is -0.931. The molecule has 2 aromatic rings. The van der Waals surface area contributed by atoms with Crippen LogP contribution in [0, 0.1) is 20.8 Å². The van der Waals surface area contributed by atoms with Gasteiger partial charge < -0.3 is 5.11 Å². The van der Waals surface area contributed by atoms with Crippen molar-refractivity contribution in [2.45, 2.75) is 30.7 Å². The number of hydrogen-bond donors (Lipinski definition) is 1. The number of pyridine rings is 1. The first kappa shape index (κ1) is 13.6. The SMILES string of the molecule is Cc1ccc(Sc2nc(C)cc(C)c2C(=O)O)cc1. The number of benzene rings is 1. The van der Waals surface area contributed by atoms with Crippen LogP contribution in [0.5, 0.6) is 0 Å². The molecule has 0 saturated heterocycles. The first-order valence-electron chi connectivity index (χ1n) is 5.93. The van der Waals surface area contributed by atoms with Crippen LogP contribution in [0.3, 0.4) is 0 Å². The number of aryl methyl sites for hydroxylation is 3. The van der Waals surface area contributed by atoms with E-state index >= 15 is 0 Å². The van der Waals surface area contributed by atoms with Gasteiger partial charge in [-0.2, -0.15) is 0 Å². The molecular weight excluding hydrogens is 258 g/mol. The van der Waals surface area contributed by atoms with Crippen molar-refractivity contribution in [3.8, 4) is 0 Å². The number of aromatic nitrogens is 1. The molecule has 1 heterocycles. The summed E-state index contributed by atoms with van der Waals surface area (Å²) in [6.07, 6.45) is 0. The normalized spacial score (nSPS) is 10.5. The maximum Gasteiger partial charge on any atom is 0.338 e. The van der Waals surface area contributed by atoms with E-state index in [1.165, 1.54) is 17.3 Å². The number of carbonyl (C=O) groups is 1. The Labute approximate surface area is 116 Å². The summed E-state index contributed by atoms with van der Waals surface area (Å²) >= 11 is 1.39. The molecule has 3 nitrogen and oxygen atoms in total. The number of hydrogen-bond acceptors (Lipinski definition) is 3. The maximum absolute atomic E-state index is 11.3. The van der Waals surface area contributed by atoms with Crippen LogP contribution in [0.15, 0.2) is 40.3 Å². The first-order chi connectivity index (χ1) is 8.97. The highest BCUT2D eigenvalue weighted by molar-refractivity contribution is 7.99. The van der Waals surface area contributed by atoms with Crippen LogP contribution in [0.25, 0.3) is 0 Å². The Morgan fingerprint density at radius 1 is 1.16 bits per heavy atom. The summed E-state index contributed by atoms with van der Waals surface area (Å²) in [5, 5.41) is 9.86. The van der Waals surface area contributed by atoms with Crippen molar-refractivity contribution < 1.29 is 9.90 Å². The maximum atomic E-state index is 11.3. The van der Waals surface area contributed by atoms with Crippen LogP contribution in [0.2, 0.25) is 0 Å². The molecule has 2 rings (SSSR count). The third kappa shape index (κ3) is 3.15. The molecule has 0 unspecified atom stereocenters. The predicted molar refractivity (Wildman–Crippen MR) is 76.0 cm³/mol. The minimum Gasteiger partial charge on any atom is -0.478 e. The average molecular weight is 273 g/mol. The zero-order valence-corrected chi connectivity index (χ0v) is 11.9. The molecule has 0 spiro atoms. The topological polar surface area (TPSA) is 50.2 Å². The zero-order valence-electron chi connectivity index (χ0n) is 11.1. The van der Waals surface area contributed by atoms with Gasteiger partial charge in [-0.05, 0) is 44.5 Å². The fourth-order valence-corrected chi connectivity index (χ4v) is 2.89. The van der Waals surface area contributed by atoms with E-state index in [4.69, 9.17) is 0 Å². The number of rotatable bonds is 3. The standard InChI is InChI=1S/C15H15NO2S/c1-9-4-6-12(7-5-9)19-14-13(15(17)18)10(2)8-11(3)16-14/h4-8H,1-3H3,(H,17,18). The van der Waals surface area contributed by atoms with Gasteiger partial charge in [0.15, 0.2) is 0 Å². The summed E-state index contributed by atoms with van der Waals surface area (Å²) in [4.78, 5) is 16.7. The van der Waals surface area contributed by atoms with Crippen LogP contribution < -0.4 is 0 Å². The molecule has 0 radical (unpaired) electrons. The molecule has 0 saturated carbocycles. The fourth-order valence-electron chi connectivity index (χ4n) is 1.85. The zero-order chi connectivity index (χ0) is 14.0. The van der Waals surface area contributed by atoms with Crippen LogP contribution in [-0.4, -0.2) is 16.1 Å². The van der Waals surface area contributed by atoms with Crippen molar-refractivity contribution in [1.29, 1.82) is 0 Å². The lowest BCUT2D eigenvalue weighted by Gasteiger charge is -2.09. The molecule has 4 heteroatoms. The molecule has 0 amide bonds. The van der Waals surface area contributed by atoms with E-state index in [-0.39, 0.29) is 5.56 Å². The first-order valence-corrected chi connectivity index (χ1v) is 6.75. The molecular formula is C15H15NO2S. The van der Waals surface area contributed by atoms with Crippen LogP contribution >= 0.6 is 11.8 Å². The molecule has 1 aromatic carbocycles. The summed E-state index contributed by atoms with van der Waals surface area (Å²) in [6, 6.07) is 9.76. The van der Waals surface area contributed by atoms with Crippen LogP contribution in [0.4, 0.5) is 0 Å². The number of nitrogens with zero attached hydrogens (tertiary/aromatic N) is 1. The van der Waals surface area contributed by atoms with Gasteiger partial charge in [0, 0.05) is 10.6 Å². The molecule has 0 atom stereocenters.